The van der Waals surface area contributed by atoms with Crippen LogP contribution in [0, 0.1) is 0 Å². The largest absolute Gasteiger partial charge is 0.494 e. The van der Waals surface area contributed by atoms with E-state index >= 15 is 0 Å². The molecule has 24 heavy (non-hydrogen) atoms. The van der Waals surface area contributed by atoms with Gasteiger partial charge in [0.15, 0.2) is 0 Å². The summed E-state index contributed by atoms with van der Waals surface area (Å²) in [5.74, 6) is 0.767. The molecule has 0 atom stereocenters. The smallest absolute Gasteiger partial charge is 0.144 e. The summed E-state index contributed by atoms with van der Waals surface area (Å²) in [6.45, 7) is 0. The van der Waals surface area contributed by atoms with Gasteiger partial charge >= 0.3 is 0 Å². The Bertz CT molecular complexity index is 829. The van der Waals surface area contributed by atoms with Crippen molar-refractivity contribution in [3.63, 3.8) is 0 Å². The van der Waals surface area contributed by atoms with Crippen LogP contribution in [-0.4, -0.2) is 13.3 Å². The second-order valence-corrected chi connectivity index (χ2v) is 6.64. The summed E-state index contributed by atoms with van der Waals surface area (Å²) in [6, 6.07) is 23.8. The summed E-state index contributed by atoms with van der Waals surface area (Å²) in [6.07, 6.45) is 1.84. The topological polar surface area (TPSA) is 21.6 Å². The quantitative estimate of drug-likeness (QED) is 0.505. The van der Waals surface area contributed by atoms with E-state index in [1.807, 2.05) is 54.7 Å². The molecule has 0 radical (unpaired) electrons. The highest BCUT2D eigenvalue weighted by Crippen LogP contribution is 2.29. The first-order valence-electron chi connectivity index (χ1n) is 7.45. The zero-order chi connectivity index (χ0) is 16.8. The van der Waals surface area contributed by atoms with Crippen LogP contribution in [0.2, 0.25) is 5.02 Å². The Balaban J connectivity index is 1.70. The maximum absolute atomic E-state index is 5.91. The molecule has 0 aliphatic carbocycles. The number of hydrogen-bond donors (Lipinski definition) is 0. The molecule has 120 valence electrons. The minimum atomic E-state index is 0.752. The van der Waals surface area contributed by atoms with E-state index in [-0.39, 0.29) is 0 Å². The molecule has 2 nitrogen and oxygen atoms in total. The molecule has 0 saturated heterocycles. The number of benzene rings is 3. The average molecular weight is 354 g/mol. The van der Waals surface area contributed by atoms with Crippen LogP contribution >= 0.6 is 23.4 Å². The molecule has 3 aromatic rings. The molecule has 0 aromatic heterocycles. The van der Waals surface area contributed by atoms with E-state index in [0.717, 1.165) is 26.9 Å². The third kappa shape index (κ3) is 4.40. The summed E-state index contributed by atoms with van der Waals surface area (Å²) in [5.41, 5.74) is 1.86. The van der Waals surface area contributed by atoms with Crippen molar-refractivity contribution in [1.82, 2.24) is 0 Å². The van der Waals surface area contributed by atoms with Crippen molar-refractivity contribution in [3.8, 4) is 5.75 Å². The Labute approximate surface area is 151 Å². The number of methoxy groups -OCH3 is 1. The number of halogens is 1. The van der Waals surface area contributed by atoms with Gasteiger partial charge in [-0.05, 0) is 54.1 Å². The monoisotopic (exact) mass is 353 g/mol. The lowest BCUT2D eigenvalue weighted by Gasteiger charge is -2.04. The molecule has 0 unspecified atom stereocenters. The third-order valence-electron chi connectivity index (χ3n) is 3.37. The van der Waals surface area contributed by atoms with E-state index in [4.69, 9.17) is 16.3 Å². The molecule has 3 rings (SSSR count). The van der Waals surface area contributed by atoms with E-state index in [0.29, 0.717) is 0 Å². The molecule has 0 heterocycles. The molecule has 0 N–H and O–H groups in total. The molecule has 0 spiro atoms. The van der Waals surface area contributed by atoms with E-state index in [2.05, 4.69) is 29.3 Å². The van der Waals surface area contributed by atoms with Crippen molar-refractivity contribution < 1.29 is 4.74 Å². The van der Waals surface area contributed by atoms with Gasteiger partial charge in [0, 0.05) is 21.0 Å². The van der Waals surface area contributed by atoms with Crippen LogP contribution in [0.4, 0.5) is 5.69 Å². The Kier molecular flexibility index (Phi) is 5.57. The van der Waals surface area contributed by atoms with Gasteiger partial charge in [-0.25, -0.2) is 0 Å². The average Bonchev–Trinajstić information content (AvgIpc) is 2.63. The molecular weight excluding hydrogens is 338 g/mol. The second-order valence-electron chi connectivity index (χ2n) is 5.06. The summed E-state index contributed by atoms with van der Waals surface area (Å²) in [7, 11) is 1.65. The molecule has 0 aliphatic rings. The fourth-order valence-electron chi connectivity index (χ4n) is 2.14. The van der Waals surface area contributed by atoms with Gasteiger partial charge in [0.1, 0.15) is 11.4 Å². The van der Waals surface area contributed by atoms with Crippen molar-refractivity contribution in [2.75, 3.05) is 7.11 Å². The first-order chi connectivity index (χ1) is 11.7. The molecular formula is C20H16ClNOS. The minimum absolute atomic E-state index is 0.752. The molecule has 0 bridgehead atoms. The van der Waals surface area contributed by atoms with Gasteiger partial charge in [0.05, 0.1) is 7.11 Å². The van der Waals surface area contributed by atoms with E-state index in [1.165, 1.54) is 4.90 Å². The first-order valence-corrected chi connectivity index (χ1v) is 8.64. The Morgan fingerprint density at radius 1 is 0.875 bits per heavy atom. The summed E-state index contributed by atoms with van der Waals surface area (Å²) < 4.78 is 5.30. The van der Waals surface area contributed by atoms with Gasteiger partial charge in [0.2, 0.25) is 0 Å². The maximum atomic E-state index is 5.91. The minimum Gasteiger partial charge on any atom is -0.494 e. The fraction of sp³-hybridized carbons (Fsp3) is 0.0500. The van der Waals surface area contributed by atoms with Crippen molar-refractivity contribution >= 4 is 35.3 Å². The summed E-state index contributed by atoms with van der Waals surface area (Å²) in [4.78, 5) is 6.83. The lowest BCUT2D eigenvalue weighted by atomic mass is 10.2. The van der Waals surface area contributed by atoms with Gasteiger partial charge in [-0.15, -0.1) is 0 Å². The van der Waals surface area contributed by atoms with Crippen molar-refractivity contribution in [2.24, 2.45) is 4.99 Å². The standard InChI is InChI=1S/C20H16ClNOS/c1-23-20-5-3-2-4-19(20)22-14-15-6-10-17(11-7-15)24-18-12-8-16(21)9-13-18/h2-14H,1H3. The highest BCUT2D eigenvalue weighted by molar-refractivity contribution is 7.99. The van der Waals surface area contributed by atoms with Crippen molar-refractivity contribution in [3.05, 3.63) is 83.4 Å². The number of para-hydroxylation sites is 2. The molecule has 0 fully saturated rings. The summed E-state index contributed by atoms with van der Waals surface area (Å²) in [5, 5.41) is 0.752. The lowest BCUT2D eigenvalue weighted by Crippen LogP contribution is -1.84. The highest BCUT2D eigenvalue weighted by atomic mass is 35.5. The third-order valence-corrected chi connectivity index (χ3v) is 4.64. The number of aliphatic imine (C=N–C) groups is 1. The van der Waals surface area contributed by atoms with E-state index < -0.39 is 0 Å². The number of hydrogen-bond acceptors (Lipinski definition) is 3. The maximum Gasteiger partial charge on any atom is 0.144 e. The predicted molar refractivity (Wildman–Crippen MR) is 102 cm³/mol. The number of nitrogens with zero attached hydrogens (tertiary/aromatic N) is 1. The van der Waals surface area contributed by atoms with Crippen molar-refractivity contribution in [1.29, 1.82) is 0 Å². The first kappa shape index (κ1) is 16.6. The Hall–Kier alpha value is -2.23. The van der Waals surface area contributed by atoms with Crippen LogP contribution in [0.25, 0.3) is 0 Å². The SMILES string of the molecule is COc1ccccc1N=Cc1ccc(Sc2ccc(Cl)cc2)cc1. The Morgan fingerprint density at radius 2 is 1.50 bits per heavy atom. The molecule has 3 aromatic carbocycles. The van der Waals surface area contributed by atoms with Gasteiger partial charge in [0.25, 0.3) is 0 Å². The number of ether oxygens (including phenoxy) is 1. The van der Waals surface area contributed by atoms with E-state index in [1.54, 1.807) is 18.9 Å². The van der Waals surface area contributed by atoms with Crippen LogP contribution in [-0.2, 0) is 0 Å². The normalized spacial score (nSPS) is 10.9. The van der Waals surface area contributed by atoms with Gasteiger partial charge in [-0.3, -0.25) is 4.99 Å². The molecule has 4 heteroatoms. The number of rotatable bonds is 5. The van der Waals surface area contributed by atoms with Crippen LogP contribution in [0.5, 0.6) is 5.75 Å². The second kappa shape index (κ2) is 8.04. The van der Waals surface area contributed by atoms with Gasteiger partial charge < -0.3 is 4.74 Å². The zero-order valence-electron chi connectivity index (χ0n) is 13.1. The summed E-state index contributed by atoms with van der Waals surface area (Å²) >= 11 is 7.61. The fourth-order valence-corrected chi connectivity index (χ4v) is 3.08. The van der Waals surface area contributed by atoms with Crippen LogP contribution in [0.3, 0.4) is 0 Å². The van der Waals surface area contributed by atoms with Crippen molar-refractivity contribution in [2.45, 2.75) is 9.79 Å². The van der Waals surface area contributed by atoms with Gasteiger partial charge in [-0.1, -0.05) is 47.6 Å². The highest BCUT2D eigenvalue weighted by Gasteiger charge is 2.00. The van der Waals surface area contributed by atoms with Crippen LogP contribution in [0.1, 0.15) is 5.56 Å². The predicted octanol–water partition coefficient (Wildman–Crippen LogP) is 6.25. The van der Waals surface area contributed by atoms with Crippen LogP contribution in [0.15, 0.2) is 87.6 Å². The molecule has 0 aliphatic heterocycles. The van der Waals surface area contributed by atoms with E-state index in [9.17, 15) is 0 Å². The molecule has 0 amide bonds. The van der Waals surface area contributed by atoms with Crippen LogP contribution < -0.4 is 4.74 Å². The lowest BCUT2D eigenvalue weighted by molar-refractivity contribution is 0.416. The Morgan fingerprint density at radius 3 is 2.17 bits per heavy atom. The molecule has 0 saturated carbocycles. The van der Waals surface area contributed by atoms with Gasteiger partial charge in [-0.2, -0.15) is 0 Å². The zero-order valence-corrected chi connectivity index (χ0v) is 14.7.